The van der Waals surface area contributed by atoms with Crippen LogP contribution in [0.3, 0.4) is 0 Å². The van der Waals surface area contributed by atoms with Crippen LogP contribution in [0, 0.1) is 0 Å². The summed E-state index contributed by atoms with van der Waals surface area (Å²) in [5, 5.41) is 9.61. The van der Waals surface area contributed by atoms with Crippen LogP contribution in [0.15, 0.2) is 72.9 Å². The second-order valence-electron chi connectivity index (χ2n) is 17.9. The maximum Gasteiger partial charge on any atom is 0.306 e. The van der Waals surface area contributed by atoms with Gasteiger partial charge in [-0.3, -0.25) is 9.59 Å². The van der Waals surface area contributed by atoms with Gasteiger partial charge in [-0.1, -0.05) is 247 Å². The van der Waals surface area contributed by atoms with E-state index in [0.717, 1.165) is 77.0 Å². The van der Waals surface area contributed by atoms with Crippen molar-refractivity contribution in [3.63, 3.8) is 0 Å². The summed E-state index contributed by atoms with van der Waals surface area (Å²) < 4.78 is 10.7. The predicted octanol–water partition coefficient (Wildman–Crippen LogP) is 18.0. The van der Waals surface area contributed by atoms with Crippen LogP contribution in [0.25, 0.3) is 0 Å². The van der Waals surface area contributed by atoms with Gasteiger partial charge in [-0.15, -0.1) is 0 Å². The second kappa shape index (κ2) is 53.7. The molecule has 1 unspecified atom stereocenters. The summed E-state index contributed by atoms with van der Waals surface area (Å²) in [4.78, 5) is 24.4. The number of aliphatic hydroxyl groups is 1. The lowest BCUT2D eigenvalue weighted by molar-refractivity contribution is -0.161. The first-order valence-electron chi connectivity index (χ1n) is 27.0. The van der Waals surface area contributed by atoms with Gasteiger partial charge in [-0.2, -0.15) is 0 Å². The molecule has 0 spiro atoms. The fourth-order valence-corrected chi connectivity index (χ4v) is 7.68. The van der Waals surface area contributed by atoms with Gasteiger partial charge in [0.25, 0.3) is 0 Å². The average molecular weight is 879 g/mol. The van der Waals surface area contributed by atoms with E-state index >= 15 is 0 Å². The molecule has 0 aromatic heterocycles. The Morgan fingerprint density at radius 1 is 0.381 bits per heavy atom. The Bertz CT molecular complexity index is 1130. The van der Waals surface area contributed by atoms with Crippen LogP contribution in [-0.4, -0.2) is 36.4 Å². The van der Waals surface area contributed by atoms with E-state index in [-0.39, 0.29) is 25.2 Å². The number of esters is 2. The third-order valence-corrected chi connectivity index (χ3v) is 11.7. The van der Waals surface area contributed by atoms with Crippen LogP contribution in [0.4, 0.5) is 0 Å². The molecule has 0 rings (SSSR count). The minimum absolute atomic E-state index is 0.0721. The lowest BCUT2D eigenvalue weighted by Gasteiger charge is -2.15. The predicted molar refractivity (Wildman–Crippen MR) is 274 cm³/mol. The van der Waals surface area contributed by atoms with Crippen molar-refractivity contribution in [1.82, 2.24) is 0 Å². The molecule has 0 aromatic rings. The number of hydrogen-bond acceptors (Lipinski definition) is 5. The van der Waals surface area contributed by atoms with Gasteiger partial charge in [0, 0.05) is 12.8 Å². The van der Waals surface area contributed by atoms with Crippen LogP contribution in [-0.2, 0) is 19.1 Å². The number of allylic oxidation sites excluding steroid dienone is 12. The van der Waals surface area contributed by atoms with Gasteiger partial charge >= 0.3 is 11.9 Å². The number of carbonyl (C=O) groups is 2. The molecule has 0 saturated carbocycles. The SMILES string of the molecule is CC/C=C\C/C=C\C/C=C\C/C=C\CCCCCCCCCCCCCCCCCCCCCCCCC(=O)OC(CO)COC(=O)CCCCCCC/C=C\C/C=C\CCCC. The van der Waals surface area contributed by atoms with Crippen molar-refractivity contribution in [2.45, 2.75) is 270 Å². The highest BCUT2D eigenvalue weighted by Gasteiger charge is 2.16. The highest BCUT2D eigenvalue weighted by molar-refractivity contribution is 5.70. The van der Waals surface area contributed by atoms with E-state index in [1.165, 1.54) is 161 Å². The fraction of sp³-hybridized carbons (Fsp3) is 0.759. The Hall–Kier alpha value is -2.66. The van der Waals surface area contributed by atoms with Crippen LogP contribution >= 0.6 is 0 Å². The number of unbranched alkanes of at least 4 members (excludes halogenated alkanes) is 29. The average Bonchev–Trinajstić information content (AvgIpc) is 3.29. The highest BCUT2D eigenvalue weighted by atomic mass is 16.6. The second-order valence-corrected chi connectivity index (χ2v) is 17.9. The fourth-order valence-electron chi connectivity index (χ4n) is 7.68. The molecule has 1 atom stereocenters. The van der Waals surface area contributed by atoms with Crippen molar-refractivity contribution in [2.24, 2.45) is 0 Å². The first-order valence-corrected chi connectivity index (χ1v) is 27.0. The van der Waals surface area contributed by atoms with Crippen molar-refractivity contribution in [3.8, 4) is 0 Å². The Balaban J connectivity index is 3.42. The normalized spacial score (nSPS) is 12.7. The minimum Gasteiger partial charge on any atom is -0.462 e. The summed E-state index contributed by atoms with van der Waals surface area (Å²) in [7, 11) is 0. The number of hydrogen-bond donors (Lipinski definition) is 1. The summed E-state index contributed by atoms with van der Waals surface area (Å²) in [5.74, 6) is -0.600. The van der Waals surface area contributed by atoms with Gasteiger partial charge in [-0.25, -0.2) is 0 Å². The smallest absolute Gasteiger partial charge is 0.306 e. The number of carbonyl (C=O) groups excluding carboxylic acids is 2. The molecule has 0 aliphatic carbocycles. The van der Waals surface area contributed by atoms with Crippen LogP contribution in [0.1, 0.15) is 264 Å². The van der Waals surface area contributed by atoms with Gasteiger partial charge in [-0.05, 0) is 77.0 Å². The lowest BCUT2D eigenvalue weighted by atomic mass is 10.0. The summed E-state index contributed by atoms with van der Waals surface area (Å²) in [5.41, 5.74) is 0. The van der Waals surface area contributed by atoms with Gasteiger partial charge in [0.1, 0.15) is 6.61 Å². The number of ether oxygens (including phenoxy) is 2. The van der Waals surface area contributed by atoms with E-state index in [1.54, 1.807) is 0 Å². The monoisotopic (exact) mass is 879 g/mol. The van der Waals surface area contributed by atoms with E-state index in [0.29, 0.717) is 12.8 Å². The molecule has 5 nitrogen and oxygen atoms in total. The molecule has 0 aliphatic heterocycles. The zero-order chi connectivity index (χ0) is 45.6. The van der Waals surface area contributed by atoms with E-state index in [4.69, 9.17) is 9.47 Å². The van der Waals surface area contributed by atoms with Crippen molar-refractivity contribution >= 4 is 11.9 Å². The summed E-state index contributed by atoms with van der Waals surface area (Å²) in [6, 6.07) is 0. The Kier molecular flexibility index (Phi) is 51.4. The lowest BCUT2D eigenvalue weighted by Crippen LogP contribution is -2.28. The molecule has 0 aliphatic rings. The van der Waals surface area contributed by atoms with E-state index < -0.39 is 6.10 Å². The molecule has 0 amide bonds. The molecule has 0 radical (unpaired) electrons. The standard InChI is InChI=1S/C58H102O5/c1-3-5-7-9-11-13-15-17-19-20-21-22-23-24-25-26-27-28-29-30-31-32-33-34-35-36-37-38-39-41-43-45-47-49-51-53-58(61)63-56(54-59)55-62-57(60)52-50-48-46-44-42-40-18-16-14-12-10-8-6-4-2/h5,7,10-13,16-19,21-22,56,59H,3-4,6,8-9,14-15,20,23-55H2,1-2H3/b7-5-,12-10-,13-11-,18-16-,19-17-,22-21-. The van der Waals surface area contributed by atoms with E-state index in [2.05, 4.69) is 86.8 Å². The van der Waals surface area contributed by atoms with Crippen LogP contribution < -0.4 is 0 Å². The van der Waals surface area contributed by atoms with Gasteiger partial charge < -0.3 is 14.6 Å². The highest BCUT2D eigenvalue weighted by Crippen LogP contribution is 2.16. The molecule has 5 heteroatoms. The third-order valence-electron chi connectivity index (χ3n) is 11.7. The van der Waals surface area contributed by atoms with Crippen molar-refractivity contribution in [1.29, 1.82) is 0 Å². The summed E-state index contributed by atoms with van der Waals surface area (Å²) in [6.07, 6.45) is 73.1. The van der Waals surface area contributed by atoms with Crippen molar-refractivity contribution in [2.75, 3.05) is 13.2 Å². The molecule has 1 N–H and O–H groups in total. The van der Waals surface area contributed by atoms with Crippen LogP contribution in [0.2, 0.25) is 0 Å². The topological polar surface area (TPSA) is 72.8 Å². The van der Waals surface area contributed by atoms with Crippen molar-refractivity contribution < 1.29 is 24.2 Å². The van der Waals surface area contributed by atoms with Gasteiger partial charge in [0.2, 0.25) is 0 Å². The van der Waals surface area contributed by atoms with Gasteiger partial charge in [0.15, 0.2) is 6.10 Å². The maximum absolute atomic E-state index is 12.3. The Morgan fingerprint density at radius 2 is 0.683 bits per heavy atom. The van der Waals surface area contributed by atoms with E-state index in [9.17, 15) is 14.7 Å². The molecule has 0 fully saturated rings. The third kappa shape index (κ3) is 51.9. The zero-order valence-electron chi connectivity index (χ0n) is 41.6. The number of aliphatic hydroxyl groups excluding tert-OH is 1. The zero-order valence-corrected chi connectivity index (χ0v) is 41.6. The van der Waals surface area contributed by atoms with E-state index in [1.807, 2.05) is 0 Å². The molecule has 0 aromatic carbocycles. The molecule has 63 heavy (non-hydrogen) atoms. The first kappa shape index (κ1) is 60.3. The Morgan fingerprint density at radius 3 is 1.03 bits per heavy atom. The summed E-state index contributed by atoms with van der Waals surface area (Å²) >= 11 is 0. The minimum atomic E-state index is -0.778. The number of rotatable bonds is 49. The molecular weight excluding hydrogens is 777 g/mol. The summed E-state index contributed by atoms with van der Waals surface area (Å²) in [6.45, 7) is 3.99. The Labute approximate surface area is 391 Å². The molecule has 0 bridgehead atoms. The largest absolute Gasteiger partial charge is 0.462 e. The van der Waals surface area contributed by atoms with Crippen molar-refractivity contribution in [3.05, 3.63) is 72.9 Å². The molecular formula is C58H102O5. The first-order chi connectivity index (χ1) is 31.1. The quantitative estimate of drug-likeness (QED) is 0.0374. The van der Waals surface area contributed by atoms with Crippen LogP contribution in [0.5, 0.6) is 0 Å². The molecule has 364 valence electrons. The van der Waals surface area contributed by atoms with Gasteiger partial charge in [0.05, 0.1) is 6.61 Å². The maximum atomic E-state index is 12.3. The molecule has 0 saturated heterocycles. The molecule has 0 heterocycles.